The molecule has 0 atom stereocenters. The molecule has 1 aromatic heterocycles. The van der Waals surface area contributed by atoms with Gasteiger partial charge in [-0.15, -0.1) is 0 Å². The summed E-state index contributed by atoms with van der Waals surface area (Å²) in [6, 6.07) is 16.1. The van der Waals surface area contributed by atoms with Crippen molar-refractivity contribution in [3.05, 3.63) is 77.7 Å². The molecule has 3 rings (SSSR count). The molecular weight excluding hydrogens is 356 g/mol. The van der Waals surface area contributed by atoms with Gasteiger partial charge in [-0.3, -0.25) is 4.79 Å². The number of nitrogens with one attached hydrogen (secondary N) is 2. The van der Waals surface area contributed by atoms with Crippen molar-refractivity contribution in [1.82, 2.24) is 9.97 Å². The van der Waals surface area contributed by atoms with Crippen molar-refractivity contribution in [2.24, 2.45) is 0 Å². The number of aromatic nitrogens is 2. The van der Waals surface area contributed by atoms with Crippen molar-refractivity contribution in [1.29, 1.82) is 0 Å². The monoisotopic (exact) mass is 376 g/mol. The number of anilines is 3. The normalized spacial score (nSPS) is 10.2. The number of amides is 1. The minimum atomic E-state index is -0.531. The van der Waals surface area contributed by atoms with Crippen molar-refractivity contribution < 1.29 is 14.3 Å². The number of methoxy groups -OCH3 is 1. The van der Waals surface area contributed by atoms with Crippen molar-refractivity contribution in [2.45, 2.75) is 13.3 Å². The molecule has 0 saturated heterocycles. The molecule has 28 heavy (non-hydrogen) atoms. The maximum Gasteiger partial charge on any atom is 0.339 e. The third-order valence-corrected chi connectivity index (χ3v) is 4.11. The van der Waals surface area contributed by atoms with E-state index in [2.05, 4.69) is 27.5 Å². The van der Waals surface area contributed by atoms with Crippen LogP contribution in [0.4, 0.5) is 17.2 Å². The van der Waals surface area contributed by atoms with Crippen LogP contribution in [0.3, 0.4) is 0 Å². The lowest BCUT2D eigenvalue weighted by Gasteiger charge is -2.10. The summed E-state index contributed by atoms with van der Waals surface area (Å²) in [4.78, 5) is 32.6. The van der Waals surface area contributed by atoms with Gasteiger partial charge in [0.1, 0.15) is 17.8 Å². The van der Waals surface area contributed by atoms with Gasteiger partial charge in [0.15, 0.2) is 0 Å². The zero-order valence-corrected chi connectivity index (χ0v) is 15.6. The zero-order valence-electron chi connectivity index (χ0n) is 15.6. The van der Waals surface area contributed by atoms with E-state index in [0.29, 0.717) is 11.5 Å². The Hall–Kier alpha value is -3.74. The molecule has 1 heterocycles. The van der Waals surface area contributed by atoms with E-state index in [1.165, 1.54) is 19.0 Å². The second kappa shape index (κ2) is 8.77. The van der Waals surface area contributed by atoms with Crippen LogP contribution in [-0.4, -0.2) is 29.0 Å². The Morgan fingerprint density at radius 2 is 1.79 bits per heavy atom. The summed E-state index contributed by atoms with van der Waals surface area (Å²) >= 11 is 0. The highest BCUT2D eigenvalue weighted by Crippen LogP contribution is 2.19. The Labute approximate surface area is 162 Å². The van der Waals surface area contributed by atoms with Crippen molar-refractivity contribution in [2.75, 3.05) is 17.7 Å². The summed E-state index contributed by atoms with van der Waals surface area (Å²) in [7, 11) is 1.29. The highest BCUT2D eigenvalue weighted by atomic mass is 16.5. The minimum absolute atomic E-state index is 0.169. The number of ether oxygens (including phenoxy) is 1. The van der Waals surface area contributed by atoms with Crippen LogP contribution in [0.15, 0.2) is 60.9 Å². The predicted molar refractivity (Wildman–Crippen MR) is 107 cm³/mol. The first kappa shape index (κ1) is 19.0. The molecular formula is C21H20N4O3. The lowest BCUT2D eigenvalue weighted by Crippen LogP contribution is -2.17. The van der Waals surface area contributed by atoms with Crippen LogP contribution in [0.5, 0.6) is 0 Å². The summed E-state index contributed by atoms with van der Waals surface area (Å²) in [6.07, 6.45) is 2.27. The van der Waals surface area contributed by atoms with Crippen LogP contribution in [0, 0.1) is 0 Å². The van der Waals surface area contributed by atoms with Gasteiger partial charge in [0.05, 0.1) is 18.4 Å². The van der Waals surface area contributed by atoms with Crippen LogP contribution in [-0.2, 0) is 11.2 Å². The van der Waals surface area contributed by atoms with Crippen LogP contribution in [0.2, 0.25) is 0 Å². The molecule has 142 valence electrons. The maximum atomic E-state index is 12.6. The standard InChI is InChI=1S/C21H20N4O3/c1-3-14-8-10-15(11-9-14)24-19-12-18(22-13-23-19)20(26)25-17-7-5-4-6-16(17)21(27)28-2/h4-13H,3H2,1-2H3,(H,25,26)(H,22,23,24). The fourth-order valence-electron chi connectivity index (χ4n) is 2.59. The number of hydrogen-bond donors (Lipinski definition) is 2. The van der Waals surface area contributed by atoms with E-state index in [1.807, 2.05) is 24.3 Å². The van der Waals surface area contributed by atoms with Gasteiger partial charge < -0.3 is 15.4 Å². The van der Waals surface area contributed by atoms with Crippen LogP contribution >= 0.6 is 0 Å². The number of hydrogen-bond acceptors (Lipinski definition) is 6. The first-order valence-corrected chi connectivity index (χ1v) is 8.77. The summed E-state index contributed by atoms with van der Waals surface area (Å²) in [5.74, 6) is -0.495. The zero-order chi connectivity index (χ0) is 19.9. The van der Waals surface area contributed by atoms with Gasteiger partial charge in [0.2, 0.25) is 0 Å². The molecule has 0 bridgehead atoms. The van der Waals surface area contributed by atoms with Gasteiger partial charge in [-0.2, -0.15) is 0 Å². The second-order valence-corrected chi connectivity index (χ2v) is 5.96. The van der Waals surface area contributed by atoms with Crippen molar-refractivity contribution in [3.8, 4) is 0 Å². The van der Waals surface area contributed by atoms with Crippen molar-refractivity contribution in [3.63, 3.8) is 0 Å². The number of esters is 1. The van der Waals surface area contributed by atoms with E-state index in [0.717, 1.165) is 12.1 Å². The number of aryl methyl sites for hydroxylation is 1. The molecule has 2 aromatic carbocycles. The van der Waals surface area contributed by atoms with Crippen LogP contribution in [0.1, 0.15) is 33.3 Å². The van der Waals surface area contributed by atoms with E-state index in [1.54, 1.807) is 30.3 Å². The first-order chi connectivity index (χ1) is 13.6. The van der Waals surface area contributed by atoms with Gasteiger partial charge in [0, 0.05) is 11.8 Å². The number of benzene rings is 2. The number of para-hydroxylation sites is 1. The third-order valence-electron chi connectivity index (χ3n) is 4.11. The van der Waals surface area contributed by atoms with E-state index < -0.39 is 11.9 Å². The van der Waals surface area contributed by atoms with Crippen molar-refractivity contribution >= 4 is 29.1 Å². The molecule has 0 aliphatic carbocycles. The molecule has 7 heteroatoms. The summed E-state index contributed by atoms with van der Waals surface area (Å²) in [5.41, 5.74) is 2.88. The number of carbonyl (C=O) groups is 2. The Balaban J connectivity index is 1.76. The molecule has 1 amide bonds. The largest absolute Gasteiger partial charge is 0.465 e. The van der Waals surface area contributed by atoms with E-state index in [4.69, 9.17) is 4.74 Å². The average Bonchev–Trinajstić information content (AvgIpc) is 2.74. The highest BCUT2D eigenvalue weighted by molar-refractivity contribution is 6.07. The maximum absolute atomic E-state index is 12.6. The van der Waals surface area contributed by atoms with Crippen LogP contribution in [0.25, 0.3) is 0 Å². The molecule has 0 aliphatic rings. The van der Waals surface area contributed by atoms with E-state index in [-0.39, 0.29) is 11.3 Å². The Morgan fingerprint density at radius 1 is 1.04 bits per heavy atom. The van der Waals surface area contributed by atoms with E-state index >= 15 is 0 Å². The number of rotatable bonds is 6. The fourth-order valence-corrected chi connectivity index (χ4v) is 2.59. The Morgan fingerprint density at radius 3 is 2.50 bits per heavy atom. The third kappa shape index (κ3) is 4.50. The van der Waals surface area contributed by atoms with Gasteiger partial charge in [-0.1, -0.05) is 31.2 Å². The Bertz CT molecular complexity index is 987. The minimum Gasteiger partial charge on any atom is -0.465 e. The molecule has 0 radical (unpaired) electrons. The van der Waals surface area contributed by atoms with E-state index in [9.17, 15) is 9.59 Å². The SMILES string of the molecule is CCc1ccc(Nc2cc(C(=O)Nc3ccccc3C(=O)OC)ncn2)cc1. The summed E-state index contributed by atoms with van der Waals surface area (Å²) in [6.45, 7) is 2.09. The molecule has 0 aliphatic heterocycles. The lowest BCUT2D eigenvalue weighted by molar-refractivity contribution is 0.0602. The lowest BCUT2D eigenvalue weighted by atomic mass is 10.1. The predicted octanol–water partition coefficient (Wildman–Crippen LogP) is 3.82. The Kier molecular flexibility index (Phi) is 5.96. The topological polar surface area (TPSA) is 93.2 Å². The first-order valence-electron chi connectivity index (χ1n) is 8.77. The second-order valence-electron chi connectivity index (χ2n) is 5.96. The quantitative estimate of drug-likeness (QED) is 0.635. The van der Waals surface area contributed by atoms with Gasteiger partial charge in [-0.25, -0.2) is 14.8 Å². The number of nitrogens with zero attached hydrogens (tertiary/aromatic N) is 2. The molecule has 0 unspecified atom stereocenters. The molecule has 0 fully saturated rings. The summed E-state index contributed by atoms with van der Waals surface area (Å²) in [5, 5.41) is 5.84. The smallest absolute Gasteiger partial charge is 0.339 e. The number of carbonyl (C=O) groups excluding carboxylic acids is 2. The van der Waals surface area contributed by atoms with Gasteiger partial charge >= 0.3 is 5.97 Å². The van der Waals surface area contributed by atoms with Gasteiger partial charge in [-0.05, 0) is 36.2 Å². The molecule has 3 aromatic rings. The molecule has 7 nitrogen and oxygen atoms in total. The van der Waals surface area contributed by atoms with Crippen LogP contribution < -0.4 is 10.6 Å². The highest BCUT2D eigenvalue weighted by Gasteiger charge is 2.15. The van der Waals surface area contributed by atoms with Gasteiger partial charge in [0.25, 0.3) is 5.91 Å². The molecule has 2 N–H and O–H groups in total. The molecule has 0 saturated carbocycles. The summed E-state index contributed by atoms with van der Waals surface area (Å²) < 4.78 is 4.74. The average molecular weight is 376 g/mol. The fraction of sp³-hybridized carbons (Fsp3) is 0.143. The molecule has 0 spiro atoms.